The molecule has 34 heavy (non-hydrogen) atoms. The number of carboxylic acids is 3. The zero-order valence-corrected chi connectivity index (χ0v) is 20.7. The van der Waals surface area contributed by atoms with Gasteiger partial charge in [0.1, 0.15) is 13.9 Å². The Morgan fingerprint density at radius 3 is 1.82 bits per heavy atom. The molecule has 0 aliphatic heterocycles. The van der Waals surface area contributed by atoms with Crippen molar-refractivity contribution in [1.82, 2.24) is 20.0 Å². The number of rotatable bonds is 22. The van der Waals surface area contributed by atoms with Crippen molar-refractivity contribution in [3.63, 3.8) is 0 Å². The Morgan fingerprint density at radius 1 is 0.882 bits per heavy atom. The van der Waals surface area contributed by atoms with Crippen LogP contribution in [0.4, 0.5) is 0 Å². The van der Waals surface area contributed by atoms with Crippen molar-refractivity contribution in [2.45, 2.75) is 39.1 Å². The van der Waals surface area contributed by atoms with Crippen LogP contribution in [0.1, 0.15) is 26.7 Å². The van der Waals surface area contributed by atoms with Gasteiger partial charge in [-0.1, -0.05) is 20.2 Å². The van der Waals surface area contributed by atoms with Gasteiger partial charge in [0.15, 0.2) is 0 Å². The predicted octanol–water partition coefficient (Wildman–Crippen LogP) is -1.48. The van der Waals surface area contributed by atoms with E-state index in [4.69, 9.17) is 14.9 Å². The second-order valence-corrected chi connectivity index (χ2v) is 7.92. The number of hydrogen-bond acceptors (Lipinski definition) is 8. The van der Waals surface area contributed by atoms with Crippen LogP contribution in [0.5, 0.6) is 0 Å². The average Bonchev–Trinajstić information content (AvgIpc) is 2.77. The van der Waals surface area contributed by atoms with Crippen molar-refractivity contribution in [3.05, 3.63) is 0 Å². The van der Waals surface area contributed by atoms with E-state index in [-0.39, 0.29) is 44.9 Å². The highest BCUT2D eigenvalue weighted by Gasteiger charge is 2.27. The maximum atomic E-state index is 12.2. The molecule has 4 N–H and O–H groups in total. The van der Waals surface area contributed by atoms with Crippen LogP contribution in [-0.2, 0) is 23.9 Å². The molecule has 0 heterocycles. The summed E-state index contributed by atoms with van der Waals surface area (Å²) in [4.78, 5) is 51.4. The van der Waals surface area contributed by atoms with Crippen LogP contribution < -0.4 is 5.32 Å². The SMILES string of the molecule is BCCOCCNC(=O)CCC(C(=O)O)N(CCN(CC)CC(=O)O)CCN(CC)CC(=O)O. The third-order valence-electron chi connectivity index (χ3n) is 5.31. The highest BCUT2D eigenvalue weighted by atomic mass is 16.5. The number of ether oxygens (including phenoxy) is 1. The normalized spacial score (nSPS) is 12.3. The summed E-state index contributed by atoms with van der Waals surface area (Å²) in [5.41, 5.74) is 0. The largest absolute Gasteiger partial charge is 0.480 e. The Hall–Kier alpha value is -2.22. The van der Waals surface area contributed by atoms with Crippen molar-refractivity contribution in [3.8, 4) is 0 Å². The van der Waals surface area contributed by atoms with Crippen molar-refractivity contribution < 1.29 is 39.2 Å². The number of nitrogens with zero attached hydrogens (tertiary/aromatic N) is 3. The Kier molecular flexibility index (Phi) is 17.9. The summed E-state index contributed by atoms with van der Waals surface area (Å²) in [7, 11) is 1.99. The number of amides is 1. The molecule has 0 fully saturated rings. The molecule has 0 bridgehead atoms. The summed E-state index contributed by atoms with van der Waals surface area (Å²) >= 11 is 0. The van der Waals surface area contributed by atoms with Crippen LogP contribution in [0, 0.1) is 0 Å². The fourth-order valence-corrected chi connectivity index (χ4v) is 3.37. The van der Waals surface area contributed by atoms with E-state index in [1.54, 1.807) is 14.7 Å². The van der Waals surface area contributed by atoms with E-state index in [0.29, 0.717) is 45.9 Å². The van der Waals surface area contributed by atoms with Crippen LogP contribution >= 0.6 is 0 Å². The number of carboxylic acid groups (broad SMARTS) is 3. The number of carbonyl (C=O) groups excluding carboxylic acids is 1. The smallest absolute Gasteiger partial charge is 0.320 e. The van der Waals surface area contributed by atoms with Gasteiger partial charge in [-0.15, -0.1) is 0 Å². The molecule has 0 radical (unpaired) electrons. The van der Waals surface area contributed by atoms with Gasteiger partial charge in [0, 0.05) is 45.8 Å². The van der Waals surface area contributed by atoms with Gasteiger partial charge in [-0.05, 0) is 19.5 Å². The minimum Gasteiger partial charge on any atom is -0.480 e. The van der Waals surface area contributed by atoms with Crippen LogP contribution in [0.25, 0.3) is 0 Å². The molecule has 0 aliphatic carbocycles. The molecule has 0 rings (SSSR count). The molecular weight excluding hydrogens is 447 g/mol. The molecule has 0 aromatic rings. The van der Waals surface area contributed by atoms with E-state index in [0.717, 1.165) is 6.32 Å². The summed E-state index contributed by atoms with van der Waals surface area (Å²) in [6.45, 7) is 6.85. The van der Waals surface area contributed by atoms with Crippen LogP contribution in [0.3, 0.4) is 0 Å². The van der Waals surface area contributed by atoms with Crippen molar-refractivity contribution in [2.75, 3.05) is 72.1 Å². The molecule has 0 saturated carbocycles. The van der Waals surface area contributed by atoms with Gasteiger partial charge in [-0.3, -0.25) is 33.9 Å². The highest BCUT2D eigenvalue weighted by Crippen LogP contribution is 2.10. The monoisotopic (exact) mass is 488 g/mol. The Balaban J connectivity index is 5.14. The van der Waals surface area contributed by atoms with E-state index in [9.17, 15) is 24.3 Å². The van der Waals surface area contributed by atoms with Gasteiger partial charge < -0.3 is 25.4 Å². The summed E-state index contributed by atoms with van der Waals surface area (Å²) in [5.74, 6) is -3.29. The van der Waals surface area contributed by atoms with Crippen LogP contribution in [0.15, 0.2) is 0 Å². The molecule has 196 valence electrons. The number of nitrogens with one attached hydrogen (secondary N) is 1. The van der Waals surface area contributed by atoms with Gasteiger partial charge >= 0.3 is 17.9 Å². The fraction of sp³-hybridized carbons (Fsp3) is 0.810. The molecule has 0 saturated heterocycles. The molecule has 1 amide bonds. The first-order valence-corrected chi connectivity index (χ1v) is 11.8. The van der Waals surface area contributed by atoms with E-state index in [2.05, 4.69) is 5.32 Å². The summed E-state index contributed by atoms with van der Waals surface area (Å²) in [5, 5.41) is 30.7. The zero-order chi connectivity index (χ0) is 25.9. The van der Waals surface area contributed by atoms with Gasteiger partial charge in [0.05, 0.1) is 19.7 Å². The minimum absolute atomic E-state index is 0.0144. The van der Waals surface area contributed by atoms with Crippen LogP contribution in [0.2, 0.25) is 6.32 Å². The first-order valence-electron chi connectivity index (χ1n) is 11.8. The van der Waals surface area contributed by atoms with E-state index < -0.39 is 23.9 Å². The molecule has 1 atom stereocenters. The van der Waals surface area contributed by atoms with E-state index in [1.165, 1.54) is 0 Å². The fourth-order valence-electron chi connectivity index (χ4n) is 3.37. The Morgan fingerprint density at radius 2 is 1.41 bits per heavy atom. The Bertz CT molecular complexity index is 598. The number of carbonyl (C=O) groups is 4. The number of hydrogen-bond donors (Lipinski definition) is 4. The average molecular weight is 488 g/mol. The van der Waals surface area contributed by atoms with Gasteiger partial charge in [0.2, 0.25) is 5.91 Å². The van der Waals surface area contributed by atoms with Gasteiger partial charge in [-0.25, -0.2) is 0 Å². The zero-order valence-electron chi connectivity index (χ0n) is 20.7. The summed E-state index contributed by atoms with van der Waals surface area (Å²) in [6, 6.07) is -0.964. The Labute approximate surface area is 202 Å². The van der Waals surface area contributed by atoms with E-state index in [1.807, 2.05) is 21.7 Å². The molecule has 0 aromatic carbocycles. The van der Waals surface area contributed by atoms with Crippen molar-refractivity contribution in [1.29, 1.82) is 0 Å². The molecule has 0 aromatic heterocycles. The molecule has 12 nitrogen and oxygen atoms in total. The van der Waals surface area contributed by atoms with Gasteiger partial charge in [-0.2, -0.15) is 0 Å². The quantitative estimate of drug-likeness (QED) is 0.104. The summed E-state index contributed by atoms with van der Waals surface area (Å²) < 4.78 is 5.31. The number of likely N-dealkylation sites (N-methyl/N-ethyl adjacent to an activating group) is 2. The van der Waals surface area contributed by atoms with Crippen molar-refractivity contribution >= 4 is 31.7 Å². The molecule has 13 heteroatoms. The standard InChI is InChI=1S/C21H41BN4O8/c1-3-24(15-19(28)29)9-11-26(12-10-25(4-2)16-20(30)31)17(21(32)33)5-6-18(27)23-8-14-34-13-7-22/h17H,3-16,22H2,1-2H3,(H,23,27)(H,28,29)(H,30,31)(H,32,33). The lowest BCUT2D eigenvalue weighted by atomic mass is 10.1. The third kappa shape index (κ3) is 15.6. The molecule has 1 unspecified atom stereocenters. The molecule has 0 spiro atoms. The second kappa shape index (κ2) is 19.1. The van der Waals surface area contributed by atoms with Crippen LogP contribution in [-0.4, -0.2) is 140 Å². The summed E-state index contributed by atoms with van der Waals surface area (Å²) in [6.07, 6.45) is 0.974. The maximum absolute atomic E-state index is 12.2. The maximum Gasteiger partial charge on any atom is 0.320 e. The topological polar surface area (TPSA) is 160 Å². The molecular formula is C21H41BN4O8. The third-order valence-corrected chi connectivity index (χ3v) is 5.31. The van der Waals surface area contributed by atoms with Gasteiger partial charge in [0.25, 0.3) is 0 Å². The minimum atomic E-state index is -1.08. The molecule has 0 aliphatic rings. The first kappa shape index (κ1) is 31.8. The first-order chi connectivity index (χ1) is 16.1. The second-order valence-electron chi connectivity index (χ2n) is 7.92. The lowest BCUT2D eigenvalue weighted by molar-refractivity contribution is -0.145. The lowest BCUT2D eigenvalue weighted by Gasteiger charge is -2.32. The van der Waals surface area contributed by atoms with Crippen molar-refractivity contribution in [2.24, 2.45) is 0 Å². The van der Waals surface area contributed by atoms with E-state index >= 15 is 0 Å². The highest BCUT2D eigenvalue weighted by molar-refractivity contribution is 6.08. The lowest BCUT2D eigenvalue weighted by Crippen LogP contribution is -2.49. The number of aliphatic carboxylic acids is 3. The predicted molar refractivity (Wildman–Crippen MR) is 129 cm³/mol.